The fourth-order valence-electron chi connectivity index (χ4n) is 2.60. The number of amides is 1. The number of nitrogens with one attached hydrogen (secondary N) is 1. The van der Waals surface area contributed by atoms with Gasteiger partial charge in [0, 0.05) is 18.7 Å². The second-order valence-corrected chi connectivity index (χ2v) is 7.66. The lowest BCUT2D eigenvalue weighted by molar-refractivity contribution is 0.0940. The molecule has 1 amide bonds. The zero-order valence-corrected chi connectivity index (χ0v) is 15.6. The van der Waals surface area contributed by atoms with Gasteiger partial charge in [-0.15, -0.1) is 0 Å². The van der Waals surface area contributed by atoms with E-state index < -0.39 is 10.0 Å². The number of carbonyl (C=O) groups excluding carboxylic acids is 1. The van der Waals surface area contributed by atoms with Crippen molar-refractivity contribution in [3.63, 3.8) is 0 Å². The highest BCUT2D eigenvalue weighted by molar-refractivity contribution is 7.89. The maximum atomic E-state index is 12.5. The summed E-state index contributed by atoms with van der Waals surface area (Å²) in [6.45, 7) is 6.33. The Morgan fingerprint density at radius 1 is 1.00 bits per heavy atom. The zero-order valence-electron chi connectivity index (χ0n) is 14.8. The van der Waals surface area contributed by atoms with Crippen molar-refractivity contribution in [1.29, 1.82) is 0 Å². The van der Waals surface area contributed by atoms with Gasteiger partial charge >= 0.3 is 0 Å². The Balaban J connectivity index is 2.13. The summed E-state index contributed by atoms with van der Waals surface area (Å²) in [5.74, 6) is -0.233. The van der Waals surface area contributed by atoms with Crippen LogP contribution >= 0.6 is 0 Å². The first-order valence-electron chi connectivity index (χ1n) is 8.36. The van der Waals surface area contributed by atoms with Crippen molar-refractivity contribution in [2.24, 2.45) is 0 Å². The summed E-state index contributed by atoms with van der Waals surface area (Å²) in [6.07, 6.45) is 0. The van der Waals surface area contributed by atoms with Crippen LogP contribution in [-0.2, 0) is 10.0 Å². The van der Waals surface area contributed by atoms with Crippen molar-refractivity contribution in [1.82, 2.24) is 9.62 Å². The molecule has 5 nitrogen and oxygen atoms in total. The SMILES string of the molecule is CCN(CC)S(=O)(=O)c1ccc(C(=O)N[C@@H](C)c2ccccc2)cc1. The number of rotatable bonds is 7. The molecule has 0 aromatic heterocycles. The van der Waals surface area contributed by atoms with Gasteiger partial charge in [0.2, 0.25) is 10.0 Å². The minimum atomic E-state index is -3.51. The third-order valence-corrected chi connectivity index (χ3v) is 6.17. The molecule has 0 heterocycles. The van der Waals surface area contributed by atoms with Crippen LogP contribution < -0.4 is 5.32 Å². The molecular formula is C19H24N2O3S. The Labute approximate surface area is 149 Å². The van der Waals surface area contributed by atoms with Crippen LogP contribution in [0.5, 0.6) is 0 Å². The molecule has 0 saturated carbocycles. The van der Waals surface area contributed by atoms with E-state index in [1.807, 2.05) is 37.3 Å². The minimum absolute atomic E-state index is 0.132. The van der Waals surface area contributed by atoms with Crippen LogP contribution in [-0.4, -0.2) is 31.7 Å². The fraction of sp³-hybridized carbons (Fsp3) is 0.316. The summed E-state index contributed by atoms with van der Waals surface area (Å²) >= 11 is 0. The van der Waals surface area contributed by atoms with Crippen molar-refractivity contribution in [2.45, 2.75) is 31.7 Å². The van der Waals surface area contributed by atoms with Crippen molar-refractivity contribution >= 4 is 15.9 Å². The quantitative estimate of drug-likeness (QED) is 0.824. The molecule has 1 atom stereocenters. The standard InChI is InChI=1S/C19H24N2O3S/c1-4-21(5-2)25(23,24)18-13-11-17(12-14-18)19(22)20-15(3)16-9-7-6-8-10-16/h6-15H,4-5H2,1-3H3,(H,20,22)/t15-/m0/s1. The van der Waals surface area contributed by atoms with E-state index in [0.717, 1.165) is 5.56 Å². The van der Waals surface area contributed by atoms with Crippen LogP contribution in [0.25, 0.3) is 0 Å². The summed E-state index contributed by atoms with van der Waals surface area (Å²) in [4.78, 5) is 12.6. The van der Waals surface area contributed by atoms with E-state index in [4.69, 9.17) is 0 Å². The van der Waals surface area contributed by atoms with Crippen LogP contribution in [0.2, 0.25) is 0 Å². The third kappa shape index (κ3) is 4.46. The Hall–Kier alpha value is -2.18. The van der Waals surface area contributed by atoms with Crippen LogP contribution in [0.4, 0.5) is 0 Å². The van der Waals surface area contributed by atoms with Crippen molar-refractivity contribution in [3.05, 3.63) is 65.7 Å². The summed E-state index contributed by atoms with van der Waals surface area (Å²) in [6, 6.07) is 15.6. The van der Waals surface area contributed by atoms with Crippen LogP contribution in [0, 0.1) is 0 Å². The van der Waals surface area contributed by atoms with Gasteiger partial charge in [0.1, 0.15) is 0 Å². The monoisotopic (exact) mass is 360 g/mol. The van der Waals surface area contributed by atoms with Gasteiger partial charge in [0.15, 0.2) is 0 Å². The Bertz CT molecular complexity index is 798. The molecule has 0 bridgehead atoms. The van der Waals surface area contributed by atoms with E-state index in [1.54, 1.807) is 26.0 Å². The highest BCUT2D eigenvalue weighted by Gasteiger charge is 2.21. The first-order valence-corrected chi connectivity index (χ1v) is 9.80. The number of hydrogen-bond acceptors (Lipinski definition) is 3. The van der Waals surface area contributed by atoms with E-state index in [2.05, 4.69) is 5.32 Å². The molecule has 0 aliphatic carbocycles. The molecule has 2 aromatic rings. The van der Waals surface area contributed by atoms with Gasteiger partial charge in [0.25, 0.3) is 5.91 Å². The van der Waals surface area contributed by atoms with E-state index in [0.29, 0.717) is 18.7 Å². The molecule has 0 unspecified atom stereocenters. The number of sulfonamides is 1. The van der Waals surface area contributed by atoms with E-state index in [1.165, 1.54) is 16.4 Å². The van der Waals surface area contributed by atoms with Crippen LogP contribution in [0.15, 0.2) is 59.5 Å². The Morgan fingerprint density at radius 2 is 1.56 bits per heavy atom. The summed E-state index contributed by atoms with van der Waals surface area (Å²) in [7, 11) is -3.51. The molecule has 2 rings (SSSR count). The van der Waals surface area contributed by atoms with Crippen LogP contribution in [0.3, 0.4) is 0 Å². The van der Waals surface area contributed by atoms with Gasteiger partial charge in [-0.05, 0) is 36.8 Å². The molecule has 134 valence electrons. The van der Waals surface area contributed by atoms with E-state index in [-0.39, 0.29) is 16.8 Å². The number of benzene rings is 2. The van der Waals surface area contributed by atoms with E-state index >= 15 is 0 Å². The Morgan fingerprint density at radius 3 is 2.08 bits per heavy atom. The molecule has 0 spiro atoms. The van der Waals surface area contributed by atoms with Crippen molar-refractivity contribution in [2.75, 3.05) is 13.1 Å². The number of hydrogen-bond donors (Lipinski definition) is 1. The van der Waals surface area contributed by atoms with Gasteiger partial charge < -0.3 is 5.32 Å². The largest absolute Gasteiger partial charge is 0.346 e. The van der Waals surface area contributed by atoms with Crippen molar-refractivity contribution < 1.29 is 13.2 Å². The first-order chi connectivity index (χ1) is 11.9. The summed E-state index contributed by atoms with van der Waals surface area (Å²) in [5, 5.41) is 2.92. The summed E-state index contributed by atoms with van der Waals surface area (Å²) in [5.41, 5.74) is 1.44. The van der Waals surface area contributed by atoms with Gasteiger partial charge in [-0.2, -0.15) is 4.31 Å². The highest BCUT2D eigenvalue weighted by atomic mass is 32.2. The van der Waals surface area contributed by atoms with Gasteiger partial charge in [0.05, 0.1) is 10.9 Å². The maximum Gasteiger partial charge on any atom is 0.251 e. The maximum absolute atomic E-state index is 12.5. The number of nitrogens with zero attached hydrogens (tertiary/aromatic N) is 1. The molecule has 2 aromatic carbocycles. The summed E-state index contributed by atoms with van der Waals surface area (Å²) < 4.78 is 26.3. The minimum Gasteiger partial charge on any atom is -0.346 e. The molecule has 6 heteroatoms. The zero-order chi connectivity index (χ0) is 18.4. The molecule has 0 saturated heterocycles. The van der Waals surface area contributed by atoms with E-state index in [9.17, 15) is 13.2 Å². The average Bonchev–Trinajstić information content (AvgIpc) is 2.63. The predicted molar refractivity (Wildman–Crippen MR) is 98.9 cm³/mol. The Kier molecular flexibility index (Phi) is 6.33. The van der Waals surface area contributed by atoms with Crippen molar-refractivity contribution in [3.8, 4) is 0 Å². The number of carbonyl (C=O) groups is 1. The molecular weight excluding hydrogens is 336 g/mol. The van der Waals surface area contributed by atoms with Crippen LogP contribution in [0.1, 0.15) is 42.7 Å². The fourth-order valence-corrected chi connectivity index (χ4v) is 4.05. The predicted octanol–water partition coefficient (Wildman–Crippen LogP) is 3.21. The lowest BCUT2D eigenvalue weighted by Gasteiger charge is -2.18. The normalized spacial score (nSPS) is 12.8. The molecule has 0 fully saturated rings. The molecule has 1 N–H and O–H groups in total. The average molecular weight is 360 g/mol. The smallest absolute Gasteiger partial charge is 0.251 e. The topological polar surface area (TPSA) is 66.5 Å². The second-order valence-electron chi connectivity index (χ2n) is 5.72. The molecule has 0 aliphatic heterocycles. The molecule has 0 radical (unpaired) electrons. The second kappa shape index (κ2) is 8.27. The third-order valence-electron chi connectivity index (χ3n) is 4.11. The molecule has 0 aliphatic rings. The molecule has 25 heavy (non-hydrogen) atoms. The van der Waals surface area contributed by atoms with Gasteiger partial charge in [-0.3, -0.25) is 4.79 Å². The first kappa shape index (κ1) is 19.1. The van der Waals surface area contributed by atoms with Gasteiger partial charge in [-0.25, -0.2) is 8.42 Å². The lowest BCUT2D eigenvalue weighted by atomic mass is 10.1. The van der Waals surface area contributed by atoms with Gasteiger partial charge in [-0.1, -0.05) is 44.2 Å². The lowest BCUT2D eigenvalue weighted by Crippen LogP contribution is -2.30. The highest BCUT2D eigenvalue weighted by Crippen LogP contribution is 2.17.